The van der Waals surface area contributed by atoms with E-state index in [1.165, 1.54) is 6.42 Å². The fourth-order valence-electron chi connectivity index (χ4n) is 4.37. The number of hydrogen-bond donors (Lipinski definition) is 1. The van der Waals surface area contributed by atoms with Crippen molar-refractivity contribution in [1.82, 2.24) is 10.2 Å². The van der Waals surface area contributed by atoms with E-state index in [0.717, 1.165) is 48.1 Å². The SMILES string of the molecule is CC[C@@H](C(=O)NC1CCCCC1)N(Cc1ccc(OC)cc1)C(=O)Cc1ccc(C)cc1. The molecule has 2 aromatic rings. The molecular weight excluding hydrogens is 400 g/mol. The second kappa shape index (κ2) is 11.7. The fourth-order valence-corrected chi connectivity index (χ4v) is 4.37. The lowest BCUT2D eigenvalue weighted by Crippen LogP contribution is -2.51. The molecule has 2 aromatic carbocycles. The predicted molar refractivity (Wildman–Crippen MR) is 128 cm³/mol. The van der Waals surface area contributed by atoms with E-state index < -0.39 is 6.04 Å². The number of carbonyl (C=O) groups is 2. The number of nitrogens with zero attached hydrogens (tertiary/aromatic N) is 1. The minimum absolute atomic E-state index is 0.0321. The molecule has 0 spiro atoms. The number of rotatable bonds is 9. The first-order valence-electron chi connectivity index (χ1n) is 11.8. The zero-order chi connectivity index (χ0) is 22.9. The van der Waals surface area contributed by atoms with E-state index in [2.05, 4.69) is 5.32 Å². The maximum absolute atomic E-state index is 13.4. The average molecular weight is 437 g/mol. The van der Waals surface area contributed by atoms with Crippen molar-refractivity contribution in [3.8, 4) is 5.75 Å². The molecular formula is C27H36N2O3. The Bertz CT molecular complexity index is 871. The summed E-state index contributed by atoms with van der Waals surface area (Å²) in [6.07, 6.45) is 6.46. The summed E-state index contributed by atoms with van der Waals surface area (Å²) >= 11 is 0. The van der Waals surface area contributed by atoms with Gasteiger partial charge in [-0.15, -0.1) is 0 Å². The van der Waals surface area contributed by atoms with Crippen LogP contribution in [-0.2, 0) is 22.6 Å². The van der Waals surface area contributed by atoms with E-state index in [-0.39, 0.29) is 24.3 Å². The van der Waals surface area contributed by atoms with Gasteiger partial charge in [-0.25, -0.2) is 0 Å². The second-order valence-electron chi connectivity index (χ2n) is 8.80. The zero-order valence-corrected chi connectivity index (χ0v) is 19.6. The van der Waals surface area contributed by atoms with Gasteiger partial charge in [0.25, 0.3) is 0 Å². The predicted octanol–water partition coefficient (Wildman–Crippen LogP) is 4.80. The summed E-state index contributed by atoms with van der Waals surface area (Å²) in [6, 6.07) is 15.4. The number of aryl methyl sites for hydroxylation is 1. The summed E-state index contributed by atoms with van der Waals surface area (Å²) in [7, 11) is 1.63. The van der Waals surface area contributed by atoms with Crippen LogP contribution >= 0.6 is 0 Å². The lowest BCUT2D eigenvalue weighted by atomic mass is 9.95. The van der Waals surface area contributed by atoms with Gasteiger partial charge >= 0.3 is 0 Å². The molecule has 1 saturated carbocycles. The van der Waals surface area contributed by atoms with E-state index in [1.807, 2.05) is 62.4 Å². The van der Waals surface area contributed by atoms with Crippen LogP contribution in [0.1, 0.15) is 62.1 Å². The van der Waals surface area contributed by atoms with Crippen LogP contribution in [-0.4, -0.2) is 35.9 Å². The van der Waals surface area contributed by atoms with Gasteiger partial charge < -0.3 is 15.0 Å². The molecule has 0 aromatic heterocycles. The Labute approximate surface area is 192 Å². The third kappa shape index (κ3) is 6.59. The van der Waals surface area contributed by atoms with Crippen LogP contribution in [0.2, 0.25) is 0 Å². The summed E-state index contributed by atoms with van der Waals surface area (Å²) < 4.78 is 5.26. The largest absolute Gasteiger partial charge is 0.497 e. The van der Waals surface area contributed by atoms with Gasteiger partial charge in [-0.05, 0) is 49.4 Å². The minimum Gasteiger partial charge on any atom is -0.497 e. The summed E-state index contributed by atoms with van der Waals surface area (Å²) in [5.74, 6) is 0.703. The lowest BCUT2D eigenvalue weighted by Gasteiger charge is -2.33. The molecule has 5 nitrogen and oxygen atoms in total. The highest BCUT2D eigenvalue weighted by Crippen LogP contribution is 2.20. The van der Waals surface area contributed by atoms with Gasteiger partial charge in [0.2, 0.25) is 11.8 Å². The number of benzene rings is 2. The Balaban J connectivity index is 1.79. The van der Waals surface area contributed by atoms with E-state index in [0.29, 0.717) is 13.0 Å². The van der Waals surface area contributed by atoms with Gasteiger partial charge in [-0.1, -0.05) is 68.1 Å². The minimum atomic E-state index is -0.489. The Morgan fingerprint density at radius 3 is 2.22 bits per heavy atom. The highest BCUT2D eigenvalue weighted by Gasteiger charge is 2.30. The van der Waals surface area contributed by atoms with Crippen molar-refractivity contribution >= 4 is 11.8 Å². The van der Waals surface area contributed by atoms with Crippen molar-refractivity contribution in [3.05, 3.63) is 65.2 Å². The van der Waals surface area contributed by atoms with Crippen molar-refractivity contribution in [2.24, 2.45) is 0 Å². The molecule has 0 bridgehead atoms. The van der Waals surface area contributed by atoms with Gasteiger partial charge in [0.1, 0.15) is 11.8 Å². The van der Waals surface area contributed by atoms with Crippen LogP contribution in [0, 0.1) is 6.92 Å². The van der Waals surface area contributed by atoms with Crippen molar-refractivity contribution < 1.29 is 14.3 Å². The first kappa shape index (κ1) is 23.8. The molecule has 2 amide bonds. The molecule has 172 valence electrons. The lowest BCUT2D eigenvalue weighted by molar-refractivity contribution is -0.141. The highest BCUT2D eigenvalue weighted by atomic mass is 16.5. The third-order valence-corrected chi connectivity index (χ3v) is 6.33. The molecule has 1 atom stereocenters. The Kier molecular flexibility index (Phi) is 8.72. The Morgan fingerprint density at radius 2 is 1.62 bits per heavy atom. The molecule has 3 rings (SSSR count). The smallest absolute Gasteiger partial charge is 0.243 e. The van der Waals surface area contributed by atoms with Gasteiger partial charge in [0.05, 0.1) is 13.5 Å². The molecule has 0 unspecified atom stereocenters. The number of amides is 2. The maximum Gasteiger partial charge on any atom is 0.243 e. The van der Waals surface area contributed by atoms with Gasteiger partial charge in [0, 0.05) is 12.6 Å². The van der Waals surface area contributed by atoms with Crippen LogP contribution in [0.25, 0.3) is 0 Å². The van der Waals surface area contributed by atoms with Gasteiger partial charge in [-0.2, -0.15) is 0 Å². The monoisotopic (exact) mass is 436 g/mol. The standard InChI is InChI=1S/C27H36N2O3/c1-4-25(27(31)28-23-8-6-5-7-9-23)29(19-22-14-16-24(32-3)17-15-22)26(30)18-21-12-10-20(2)11-13-21/h10-17,23,25H,4-9,18-19H2,1-3H3,(H,28,31)/t25-/m0/s1. The maximum atomic E-state index is 13.4. The topological polar surface area (TPSA) is 58.6 Å². The van der Waals surface area contributed by atoms with Crippen molar-refractivity contribution in [1.29, 1.82) is 0 Å². The molecule has 1 fully saturated rings. The molecule has 32 heavy (non-hydrogen) atoms. The number of hydrogen-bond acceptors (Lipinski definition) is 3. The average Bonchev–Trinajstić information content (AvgIpc) is 2.81. The van der Waals surface area contributed by atoms with Crippen LogP contribution in [0.5, 0.6) is 5.75 Å². The Morgan fingerprint density at radius 1 is 1.00 bits per heavy atom. The van der Waals surface area contributed by atoms with Crippen LogP contribution < -0.4 is 10.1 Å². The van der Waals surface area contributed by atoms with E-state index in [1.54, 1.807) is 12.0 Å². The second-order valence-corrected chi connectivity index (χ2v) is 8.80. The molecule has 0 heterocycles. The highest BCUT2D eigenvalue weighted by molar-refractivity contribution is 5.88. The number of nitrogens with one attached hydrogen (secondary N) is 1. The fraction of sp³-hybridized carbons (Fsp3) is 0.481. The third-order valence-electron chi connectivity index (χ3n) is 6.33. The first-order valence-corrected chi connectivity index (χ1v) is 11.8. The zero-order valence-electron chi connectivity index (χ0n) is 19.6. The Hall–Kier alpha value is -2.82. The summed E-state index contributed by atoms with van der Waals surface area (Å²) in [5, 5.41) is 3.23. The van der Waals surface area contributed by atoms with E-state index >= 15 is 0 Å². The molecule has 0 radical (unpaired) electrons. The molecule has 1 aliphatic carbocycles. The van der Waals surface area contributed by atoms with E-state index in [4.69, 9.17) is 4.74 Å². The van der Waals surface area contributed by atoms with Crippen LogP contribution in [0.15, 0.2) is 48.5 Å². The number of carbonyl (C=O) groups excluding carboxylic acids is 2. The first-order chi connectivity index (χ1) is 15.5. The summed E-state index contributed by atoms with van der Waals surface area (Å²) in [4.78, 5) is 28.4. The van der Waals surface area contributed by atoms with Crippen LogP contribution in [0.4, 0.5) is 0 Å². The summed E-state index contributed by atoms with van der Waals surface area (Å²) in [6.45, 7) is 4.40. The molecule has 0 saturated heterocycles. The van der Waals surface area contributed by atoms with Gasteiger partial charge in [0.15, 0.2) is 0 Å². The number of ether oxygens (including phenoxy) is 1. The summed E-state index contributed by atoms with van der Waals surface area (Å²) in [5.41, 5.74) is 3.10. The van der Waals surface area contributed by atoms with Gasteiger partial charge in [-0.3, -0.25) is 9.59 Å². The molecule has 0 aliphatic heterocycles. The normalized spacial score (nSPS) is 15.1. The van der Waals surface area contributed by atoms with Crippen molar-refractivity contribution in [2.45, 2.75) is 77.4 Å². The van der Waals surface area contributed by atoms with Crippen molar-refractivity contribution in [3.63, 3.8) is 0 Å². The molecule has 1 N–H and O–H groups in total. The van der Waals surface area contributed by atoms with Crippen LogP contribution in [0.3, 0.4) is 0 Å². The quantitative estimate of drug-likeness (QED) is 0.614. The van der Waals surface area contributed by atoms with E-state index in [9.17, 15) is 9.59 Å². The molecule has 1 aliphatic rings. The molecule has 5 heteroatoms. The number of methoxy groups -OCH3 is 1. The van der Waals surface area contributed by atoms with Crippen molar-refractivity contribution in [2.75, 3.05) is 7.11 Å².